The average molecular weight is 341 g/mol. The van der Waals surface area contributed by atoms with Gasteiger partial charge in [0.1, 0.15) is 5.82 Å². The predicted octanol–water partition coefficient (Wildman–Crippen LogP) is 4.51. The summed E-state index contributed by atoms with van der Waals surface area (Å²) >= 11 is 0. The highest BCUT2D eigenvalue weighted by Gasteiger charge is 2.14. The van der Waals surface area contributed by atoms with Crippen LogP contribution in [-0.2, 0) is 11.3 Å². The van der Waals surface area contributed by atoms with Crippen molar-refractivity contribution >= 4 is 28.6 Å². The van der Waals surface area contributed by atoms with Crippen molar-refractivity contribution in [2.24, 2.45) is 0 Å². The van der Waals surface area contributed by atoms with E-state index in [1.54, 1.807) is 24.3 Å². The highest BCUT2D eigenvalue weighted by atomic mass is 19.1. The number of unbranched alkanes of at least 4 members (excludes halogenated alkanes) is 1. The molecule has 0 atom stereocenters. The number of nitrogens with zero attached hydrogens (tertiary/aromatic N) is 2. The van der Waals surface area contributed by atoms with E-state index in [2.05, 4.69) is 17.2 Å². The molecule has 3 aromatic rings. The number of aryl methyl sites for hydroxylation is 1. The van der Waals surface area contributed by atoms with Crippen LogP contribution in [0.2, 0.25) is 0 Å². The van der Waals surface area contributed by atoms with E-state index in [1.165, 1.54) is 19.2 Å². The lowest BCUT2D eigenvalue weighted by atomic mass is 10.2. The molecule has 0 aliphatic carbocycles. The number of fused-ring (bicyclic) bond motifs is 1. The van der Waals surface area contributed by atoms with E-state index in [1.807, 2.05) is 10.6 Å². The van der Waals surface area contributed by atoms with Crippen LogP contribution in [0.3, 0.4) is 0 Å². The summed E-state index contributed by atoms with van der Waals surface area (Å²) < 4.78 is 20.3. The van der Waals surface area contributed by atoms with Gasteiger partial charge < -0.3 is 14.6 Å². The van der Waals surface area contributed by atoms with Crippen LogP contribution in [0.25, 0.3) is 11.0 Å². The van der Waals surface area contributed by atoms with Gasteiger partial charge in [-0.2, -0.15) is 0 Å². The number of esters is 1. The topological polar surface area (TPSA) is 56.2 Å². The van der Waals surface area contributed by atoms with E-state index in [4.69, 9.17) is 4.74 Å². The standard InChI is InChI=1S/C19H20FN3O2/c1-3-4-10-23-17-9-8-13(18(24)25-2)11-16(17)22-19(23)21-15-7-5-6-14(20)12-15/h5-9,11-12H,3-4,10H2,1-2H3,(H,21,22). The molecule has 3 rings (SSSR count). The normalized spacial score (nSPS) is 10.8. The summed E-state index contributed by atoms with van der Waals surface area (Å²) in [4.78, 5) is 16.3. The summed E-state index contributed by atoms with van der Waals surface area (Å²) in [6.07, 6.45) is 2.03. The Morgan fingerprint density at radius 3 is 2.84 bits per heavy atom. The van der Waals surface area contributed by atoms with Crippen LogP contribution in [0.15, 0.2) is 42.5 Å². The molecule has 1 heterocycles. The summed E-state index contributed by atoms with van der Waals surface area (Å²) in [6, 6.07) is 11.5. The average Bonchev–Trinajstić information content (AvgIpc) is 2.95. The predicted molar refractivity (Wildman–Crippen MR) is 95.7 cm³/mol. The van der Waals surface area contributed by atoms with Crippen molar-refractivity contribution in [1.82, 2.24) is 9.55 Å². The zero-order valence-corrected chi connectivity index (χ0v) is 14.3. The zero-order valence-electron chi connectivity index (χ0n) is 14.3. The molecule has 5 nitrogen and oxygen atoms in total. The quantitative estimate of drug-likeness (QED) is 0.671. The SMILES string of the molecule is CCCCn1c(Nc2cccc(F)c2)nc2cc(C(=O)OC)ccc21. The van der Waals surface area contributed by atoms with Crippen LogP contribution in [0.4, 0.5) is 16.0 Å². The van der Waals surface area contributed by atoms with Crippen molar-refractivity contribution in [2.75, 3.05) is 12.4 Å². The van der Waals surface area contributed by atoms with Gasteiger partial charge in [0.25, 0.3) is 0 Å². The molecule has 0 aliphatic heterocycles. The second kappa shape index (κ2) is 7.34. The molecular weight excluding hydrogens is 321 g/mol. The lowest BCUT2D eigenvalue weighted by Gasteiger charge is -2.10. The number of benzene rings is 2. The number of aromatic nitrogens is 2. The van der Waals surface area contributed by atoms with E-state index >= 15 is 0 Å². The van der Waals surface area contributed by atoms with Crippen molar-refractivity contribution in [1.29, 1.82) is 0 Å². The molecule has 0 unspecified atom stereocenters. The first-order valence-corrected chi connectivity index (χ1v) is 8.23. The van der Waals surface area contributed by atoms with Crippen LogP contribution in [0.1, 0.15) is 30.1 Å². The van der Waals surface area contributed by atoms with Gasteiger partial charge in [0.05, 0.1) is 23.7 Å². The van der Waals surface area contributed by atoms with Crippen LogP contribution in [-0.4, -0.2) is 22.6 Å². The van der Waals surface area contributed by atoms with Crippen molar-refractivity contribution in [3.05, 3.63) is 53.8 Å². The van der Waals surface area contributed by atoms with Gasteiger partial charge in [-0.05, 0) is 42.8 Å². The zero-order chi connectivity index (χ0) is 17.8. The highest BCUT2D eigenvalue weighted by Crippen LogP contribution is 2.25. The van der Waals surface area contributed by atoms with E-state index in [9.17, 15) is 9.18 Å². The second-order valence-corrected chi connectivity index (χ2v) is 5.77. The molecule has 25 heavy (non-hydrogen) atoms. The van der Waals surface area contributed by atoms with Gasteiger partial charge in [0.2, 0.25) is 5.95 Å². The molecular formula is C19H20FN3O2. The summed E-state index contributed by atoms with van der Waals surface area (Å²) in [6.45, 7) is 2.90. The number of carbonyl (C=O) groups excluding carboxylic acids is 1. The van der Waals surface area contributed by atoms with Gasteiger partial charge in [-0.25, -0.2) is 14.2 Å². The Labute approximate surface area is 145 Å². The van der Waals surface area contributed by atoms with Gasteiger partial charge in [0.15, 0.2) is 0 Å². The fraction of sp³-hybridized carbons (Fsp3) is 0.263. The van der Waals surface area contributed by atoms with Crippen molar-refractivity contribution in [3.63, 3.8) is 0 Å². The molecule has 130 valence electrons. The molecule has 0 spiro atoms. The molecule has 6 heteroatoms. The second-order valence-electron chi connectivity index (χ2n) is 5.77. The van der Waals surface area contributed by atoms with Gasteiger partial charge in [-0.1, -0.05) is 19.4 Å². The maximum absolute atomic E-state index is 13.4. The summed E-state index contributed by atoms with van der Waals surface area (Å²) in [5.41, 5.74) is 2.69. The first-order chi connectivity index (χ1) is 12.1. The first kappa shape index (κ1) is 17.0. The smallest absolute Gasteiger partial charge is 0.337 e. The minimum atomic E-state index is -0.398. The Balaban J connectivity index is 2.03. The molecule has 0 fully saturated rings. The number of anilines is 2. The largest absolute Gasteiger partial charge is 0.465 e. The number of imidazole rings is 1. The molecule has 0 bridgehead atoms. The van der Waals surface area contributed by atoms with Gasteiger partial charge in [0, 0.05) is 12.2 Å². The van der Waals surface area contributed by atoms with E-state index in [0.717, 1.165) is 24.9 Å². The molecule has 1 aromatic heterocycles. The Kier molecular flexibility index (Phi) is 4.97. The minimum absolute atomic E-state index is 0.311. The fourth-order valence-electron chi connectivity index (χ4n) is 2.71. The van der Waals surface area contributed by atoms with E-state index in [-0.39, 0.29) is 5.82 Å². The number of methoxy groups -OCH3 is 1. The lowest BCUT2D eigenvalue weighted by Crippen LogP contribution is -2.04. The molecule has 1 N–H and O–H groups in total. The highest BCUT2D eigenvalue weighted by molar-refractivity contribution is 5.94. The number of carbonyl (C=O) groups is 1. The van der Waals surface area contributed by atoms with E-state index in [0.29, 0.717) is 22.7 Å². The monoisotopic (exact) mass is 341 g/mol. The minimum Gasteiger partial charge on any atom is -0.465 e. The van der Waals surface area contributed by atoms with Gasteiger partial charge in [-0.15, -0.1) is 0 Å². The van der Waals surface area contributed by atoms with Crippen LogP contribution in [0, 0.1) is 5.82 Å². The van der Waals surface area contributed by atoms with Crippen molar-refractivity contribution in [3.8, 4) is 0 Å². The maximum atomic E-state index is 13.4. The molecule has 2 aromatic carbocycles. The number of rotatable bonds is 6. The third-order valence-electron chi connectivity index (χ3n) is 3.99. The Bertz CT molecular complexity index is 905. The number of nitrogens with one attached hydrogen (secondary N) is 1. The third-order valence-corrected chi connectivity index (χ3v) is 3.99. The first-order valence-electron chi connectivity index (χ1n) is 8.23. The van der Waals surface area contributed by atoms with Crippen LogP contribution >= 0.6 is 0 Å². The Morgan fingerprint density at radius 1 is 1.28 bits per heavy atom. The summed E-state index contributed by atoms with van der Waals surface area (Å²) in [7, 11) is 1.35. The van der Waals surface area contributed by atoms with Gasteiger partial charge in [-0.3, -0.25) is 0 Å². The van der Waals surface area contributed by atoms with Gasteiger partial charge >= 0.3 is 5.97 Å². The number of ether oxygens (including phenoxy) is 1. The number of hydrogen-bond donors (Lipinski definition) is 1. The molecule has 0 saturated heterocycles. The van der Waals surface area contributed by atoms with E-state index < -0.39 is 5.97 Å². The summed E-state index contributed by atoms with van der Waals surface area (Å²) in [5.74, 6) is -0.0880. The Hall–Kier alpha value is -2.89. The van der Waals surface area contributed by atoms with Crippen LogP contribution in [0.5, 0.6) is 0 Å². The molecule has 0 aliphatic rings. The third kappa shape index (κ3) is 3.63. The Morgan fingerprint density at radius 2 is 2.12 bits per heavy atom. The van der Waals surface area contributed by atoms with Crippen molar-refractivity contribution in [2.45, 2.75) is 26.3 Å². The number of hydrogen-bond acceptors (Lipinski definition) is 4. The molecule has 0 radical (unpaired) electrons. The molecule has 0 saturated carbocycles. The molecule has 0 amide bonds. The maximum Gasteiger partial charge on any atom is 0.337 e. The number of halogens is 1. The summed E-state index contributed by atoms with van der Waals surface area (Å²) in [5, 5.41) is 3.17. The van der Waals surface area contributed by atoms with Crippen LogP contribution < -0.4 is 5.32 Å². The van der Waals surface area contributed by atoms with Crippen molar-refractivity contribution < 1.29 is 13.9 Å². The fourth-order valence-corrected chi connectivity index (χ4v) is 2.71. The lowest BCUT2D eigenvalue weighted by molar-refractivity contribution is 0.0601.